The Labute approximate surface area is 119 Å². The summed E-state index contributed by atoms with van der Waals surface area (Å²) in [7, 11) is 0. The van der Waals surface area contributed by atoms with Gasteiger partial charge in [0.1, 0.15) is 6.04 Å². The first-order valence-electron chi connectivity index (χ1n) is 7.54. The van der Waals surface area contributed by atoms with Gasteiger partial charge in [0.25, 0.3) is 0 Å². The number of hydrogen-bond acceptors (Lipinski definition) is 3. The number of carboxylic acid groups (broad SMARTS) is 1. The van der Waals surface area contributed by atoms with Crippen molar-refractivity contribution in [3.05, 3.63) is 0 Å². The highest BCUT2D eigenvalue weighted by Crippen LogP contribution is 2.26. The van der Waals surface area contributed by atoms with Crippen LogP contribution in [0, 0.1) is 5.92 Å². The highest BCUT2D eigenvalue weighted by molar-refractivity contribution is 5.82. The van der Waals surface area contributed by atoms with Gasteiger partial charge in [0.05, 0.1) is 12.6 Å². The van der Waals surface area contributed by atoms with Crippen molar-refractivity contribution in [2.75, 3.05) is 13.2 Å². The lowest BCUT2D eigenvalue weighted by atomic mass is 9.84. The minimum atomic E-state index is -0.938. The molecule has 2 rings (SSSR count). The maximum atomic E-state index is 11.9. The van der Waals surface area contributed by atoms with Crippen molar-refractivity contribution < 1.29 is 19.4 Å². The Balaban J connectivity index is 1.83. The van der Waals surface area contributed by atoms with E-state index in [0.29, 0.717) is 6.61 Å². The average molecular weight is 284 g/mol. The fourth-order valence-electron chi connectivity index (χ4n) is 3.07. The molecule has 6 nitrogen and oxygen atoms in total. The Kier molecular flexibility index (Phi) is 5.64. The Morgan fingerprint density at radius 2 is 1.85 bits per heavy atom. The van der Waals surface area contributed by atoms with Gasteiger partial charge in [-0.15, -0.1) is 0 Å². The zero-order chi connectivity index (χ0) is 14.4. The molecule has 3 N–H and O–H groups in total. The summed E-state index contributed by atoms with van der Waals surface area (Å²) in [6.45, 7) is 1.24. The summed E-state index contributed by atoms with van der Waals surface area (Å²) < 4.78 is 5.29. The molecule has 1 heterocycles. The van der Waals surface area contributed by atoms with Crippen LogP contribution in [0.1, 0.15) is 44.9 Å². The molecule has 114 valence electrons. The predicted molar refractivity (Wildman–Crippen MR) is 73.5 cm³/mol. The molecule has 0 aromatic rings. The normalized spacial score (nSPS) is 25.7. The fraction of sp³-hybridized carbons (Fsp3) is 0.857. The maximum Gasteiger partial charge on any atom is 0.326 e. The predicted octanol–water partition coefficient (Wildman–Crippen LogP) is 1.50. The SMILES string of the molecule is O=C(NC1CCCOC1)NC(C(=O)O)C1CCCCC1. The van der Waals surface area contributed by atoms with Gasteiger partial charge >= 0.3 is 12.0 Å². The van der Waals surface area contributed by atoms with Crippen molar-refractivity contribution in [1.82, 2.24) is 10.6 Å². The van der Waals surface area contributed by atoms with E-state index in [9.17, 15) is 14.7 Å². The minimum Gasteiger partial charge on any atom is -0.480 e. The van der Waals surface area contributed by atoms with Crippen molar-refractivity contribution in [3.8, 4) is 0 Å². The van der Waals surface area contributed by atoms with Crippen LogP contribution in [0.5, 0.6) is 0 Å². The molecule has 2 aliphatic rings. The minimum absolute atomic E-state index is 0.00968. The van der Waals surface area contributed by atoms with Crippen LogP contribution in [0.15, 0.2) is 0 Å². The average Bonchev–Trinajstić information content (AvgIpc) is 2.46. The largest absolute Gasteiger partial charge is 0.480 e. The number of nitrogens with one attached hydrogen (secondary N) is 2. The maximum absolute atomic E-state index is 11.9. The van der Waals surface area contributed by atoms with Crippen molar-refractivity contribution >= 4 is 12.0 Å². The van der Waals surface area contributed by atoms with Crippen LogP contribution in [-0.4, -0.2) is 42.4 Å². The second-order valence-electron chi connectivity index (χ2n) is 5.75. The van der Waals surface area contributed by atoms with Crippen molar-refractivity contribution in [2.24, 2.45) is 5.92 Å². The molecular weight excluding hydrogens is 260 g/mol. The van der Waals surface area contributed by atoms with Crippen LogP contribution in [0.4, 0.5) is 4.79 Å². The van der Waals surface area contributed by atoms with E-state index in [1.165, 1.54) is 0 Å². The van der Waals surface area contributed by atoms with Gasteiger partial charge in [-0.1, -0.05) is 19.3 Å². The van der Waals surface area contributed by atoms with E-state index >= 15 is 0 Å². The fourth-order valence-corrected chi connectivity index (χ4v) is 3.07. The first-order valence-corrected chi connectivity index (χ1v) is 7.54. The van der Waals surface area contributed by atoms with Gasteiger partial charge in [-0.3, -0.25) is 0 Å². The molecule has 0 aromatic heterocycles. The summed E-state index contributed by atoms with van der Waals surface area (Å²) in [5.41, 5.74) is 0. The Morgan fingerprint density at radius 3 is 2.45 bits per heavy atom. The topological polar surface area (TPSA) is 87.7 Å². The second kappa shape index (κ2) is 7.47. The van der Waals surface area contributed by atoms with E-state index in [1.54, 1.807) is 0 Å². The second-order valence-corrected chi connectivity index (χ2v) is 5.75. The number of carboxylic acids is 1. The number of rotatable bonds is 4. The van der Waals surface area contributed by atoms with Gasteiger partial charge in [0.2, 0.25) is 0 Å². The molecule has 2 fully saturated rings. The van der Waals surface area contributed by atoms with E-state index < -0.39 is 18.0 Å². The van der Waals surface area contributed by atoms with E-state index in [1.807, 2.05) is 0 Å². The molecule has 2 unspecified atom stereocenters. The molecule has 1 aliphatic carbocycles. The van der Waals surface area contributed by atoms with Gasteiger partial charge < -0.3 is 20.5 Å². The standard InChI is InChI=1S/C14H24N2O4/c17-13(18)12(10-5-2-1-3-6-10)16-14(19)15-11-7-4-8-20-9-11/h10-12H,1-9H2,(H,17,18)(H2,15,16,19). The highest BCUT2D eigenvalue weighted by atomic mass is 16.5. The summed E-state index contributed by atoms with van der Waals surface area (Å²) in [5, 5.41) is 14.7. The number of aliphatic carboxylic acids is 1. The van der Waals surface area contributed by atoms with Crippen LogP contribution in [0.2, 0.25) is 0 Å². The monoisotopic (exact) mass is 284 g/mol. The molecular formula is C14H24N2O4. The number of hydrogen-bond donors (Lipinski definition) is 3. The summed E-state index contributed by atoms with van der Waals surface area (Å²) in [6, 6.07) is -1.18. The lowest BCUT2D eigenvalue weighted by Crippen LogP contribution is -2.53. The molecule has 1 saturated heterocycles. The molecule has 0 bridgehead atoms. The number of amides is 2. The summed E-state index contributed by atoms with van der Waals surface area (Å²) >= 11 is 0. The van der Waals surface area contributed by atoms with E-state index in [2.05, 4.69) is 10.6 Å². The summed E-state index contributed by atoms with van der Waals surface area (Å²) in [5.74, 6) is -0.887. The van der Waals surface area contributed by atoms with Gasteiger partial charge in [-0.25, -0.2) is 9.59 Å². The van der Waals surface area contributed by atoms with Gasteiger partial charge in [-0.2, -0.15) is 0 Å². The van der Waals surface area contributed by atoms with Crippen molar-refractivity contribution in [1.29, 1.82) is 0 Å². The zero-order valence-corrected chi connectivity index (χ0v) is 11.8. The lowest BCUT2D eigenvalue weighted by molar-refractivity contribution is -0.141. The third kappa shape index (κ3) is 4.37. The van der Waals surface area contributed by atoms with Gasteiger partial charge in [-0.05, 0) is 31.6 Å². The Morgan fingerprint density at radius 1 is 1.10 bits per heavy atom. The quantitative estimate of drug-likeness (QED) is 0.730. The van der Waals surface area contributed by atoms with Crippen molar-refractivity contribution in [3.63, 3.8) is 0 Å². The van der Waals surface area contributed by atoms with E-state index in [4.69, 9.17) is 4.74 Å². The molecule has 20 heavy (non-hydrogen) atoms. The third-order valence-electron chi connectivity index (χ3n) is 4.17. The molecule has 6 heteroatoms. The molecule has 0 radical (unpaired) electrons. The smallest absolute Gasteiger partial charge is 0.326 e. The molecule has 1 aliphatic heterocycles. The Bertz CT molecular complexity index is 336. The zero-order valence-electron chi connectivity index (χ0n) is 11.8. The number of urea groups is 1. The Hall–Kier alpha value is -1.30. The lowest BCUT2D eigenvalue weighted by Gasteiger charge is -2.29. The molecule has 0 spiro atoms. The molecule has 0 aromatic carbocycles. The molecule has 1 saturated carbocycles. The van der Waals surface area contributed by atoms with Gasteiger partial charge in [0.15, 0.2) is 0 Å². The van der Waals surface area contributed by atoms with Crippen molar-refractivity contribution in [2.45, 2.75) is 57.0 Å². The summed E-state index contributed by atoms with van der Waals surface area (Å²) in [6.07, 6.45) is 6.83. The van der Waals surface area contributed by atoms with E-state index in [0.717, 1.165) is 51.6 Å². The summed E-state index contributed by atoms with van der Waals surface area (Å²) in [4.78, 5) is 23.3. The number of ether oxygens (including phenoxy) is 1. The molecule has 2 atom stereocenters. The molecule has 2 amide bonds. The third-order valence-corrected chi connectivity index (χ3v) is 4.17. The highest BCUT2D eigenvalue weighted by Gasteiger charge is 2.31. The number of carbonyl (C=O) groups excluding carboxylic acids is 1. The van der Waals surface area contributed by atoms with Crippen LogP contribution in [0.3, 0.4) is 0 Å². The van der Waals surface area contributed by atoms with Crippen LogP contribution < -0.4 is 10.6 Å². The number of carbonyl (C=O) groups is 2. The van der Waals surface area contributed by atoms with Gasteiger partial charge in [0, 0.05) is 6.61 Å². The van der Waals surface area contributed by atoms with E-state index in [-0.39, 0.29) is 12.0 Å². The van der Waals surface area contributed by atoms with Crippen LogP contribution in [-0.2, 0) is 9.53 Å². The first kappa shape index (κ1) is 15.1. The van der Waals surface area contributed by atoms with Crippen LogP contribution >= 0.6 is 0 Å². The van der Waals surface area contributed by atoms with Crippen LogP contribution in [0.25, 0.3) is 0 Å². The first-order chi connectivity index (χ1) is 9.66.